The highest BCUT2D eigenvalue weighted by atomic mass is 35.5. The highest BCUT2D eigenvalue weighted by molar-refractivity contribution is 6.51. The number of aliphatic hydroxyl groups is 1. The predicted molar refractivity (Wildman–Crippen MR) is 143 cm³/mol. The number of methoxy groups -OCH3 is 3. The Morgan fingerprint density at radius 1 is 0.947 bits per heavy atom. The van der Waals surface area contributed by atoms with Gasteiger partial charge in [0.1, 0.15) is 23.0 Å². The van der Waals surface area contributed by atoms with Gasteiger partial charge in [-0.15, -0.1) is 0 Å². The van der Waals surface area contributed by atoms with E-state index in [9.17, 15) is 19.5 Å². The number of ketones is 1. The minimum absolute atomic E-state index is 0.108. The molecule has 1 fully saturated rings. The van der Waals surface area contributed by atoms with Crippen molar-refractivity contribution in [3.8, 4) is 17.2 Å². The van der Waals surface area contributed by atoms with E-state index in [4.69, 9.17) is 25.8 Å². The van der Waals surface area contributed by atoms with E-state index in [-0.39, 0.29) is 27.8 Å². The second-order valence-corrected chi connectivity index (χ2v) is 8.77. The molecule has 1 aliphatic rings. The van der Waals surface area contributed by atoms with Crippen LogP contribution in [0.1, 0.15) is 24.1 Å². The minimum atomic E-state index is -1.04. The Hall–Kier alpha value is -4.50. The normalized spacial score (nSPS) is 16.3. The first kappa shape index (κ1) is 26.6. The van der Waals surface area contributed by atoms with E-state index in [1.54, 1.807) is 48.5 Å². The van der Waals surface area contributed by atoms with E-state index in [1.165, 1.54) is 45.3 Å². The van der Waals surface area contributed by atoms with Crippen LogP contribution in [0.15, 0.2) is 66.2 Å². The predicted octanol–water partition coefficient (Wildman–Crippen LogP) is 4.95. The maximum atomic E-state index is 13.5. The van der Waals surface area contributed by atoms with Gasteiger partial charge in [0, 0.05) is 24.4 Å². The van der Waals surface area contributed by atoms with Crippen LogP contribution in [0.2, 0.25) is 5.02 Å². The summed E-state index contributed by atoms with van der Waals surface area (Å²) in [6, 6.07) is 15.2. The summed E-state index contributed by atoms with van der Waals surface area (Å²) < 4.78 is 16.0. The fraction of sp³-hybridized carbons (Fsp3) is 0.179. The number of halogens is 1. The molecule has 4 rings (SSSR count). The summed E-state index contributed by atoms with van der Waals surface area (Å²) in [5.41, 5.74) is 1.22. The van der Waals surface area contributed by atoms with Gasteiger partial charge in [-0.1, -0.05) is 29.8 Å². The van der Waals surface area contributed by atoms with Crippen LogP contribution in [0.25, 0.3) is 5.76 Å². The van der Waals surface area contributed by atoms with Gasteiger partial charge in [0.15, 0.2) is 0 Å². The standard InChI is InChI=1S/C28H25ClN2O7/c1-15(32)30-17-8-6-9-18(12-17)31-25(16-7-5-10-19(11-16)36-2)24(27(34)28(31)35)26(33)20-13-21(29)23(38-4)14-22(20)37-3/h5-14,25,33H,1-4H3,(H,30,32)/b26-24+. The van der Waals surface area contributed by atoms with Crippen molar-refractivity contribution < 1.29 is 33.7 Å². The van der Waals surface area contributed by atoms with E-state index in [1.807, 2.05) is 0 Å². The molecule has 0 aromatic heterocycles. The maximum Gasteiger partial charge on any atom is 0.300 e. The van der Waals surface area contributed by atoms with Gasteiger partial charge in [0.05, 0.1) is 43.5 Å². The molecule has 3 aromatic carbocycles. The molecule has 9 nitrogen and oxygen atoms in total. The highest BCUT2D eigenvalue weighted by Gasteiger charge is 2.47. The fourth-order valence-electron chi connectivity index (χ4n) is 4.35. The van der Waals surface area contributed by atoms with E-state index < -0.39 is 23.5 Å². The zero-order chi connectivity index (χ0) is 27.6. The summed E-state index contributed by atoms with van der Waals surface area (Å²) in [5, 5.41) is 14.4. The Bertz CT molecular complexity index is 1470. The maximum absolute atomic E-state index is 13.5. The van der Waals surface area contributed by atoms with Gasteiger partial charge in [0.2, 0.25) is 5.91 Å². The second kappa shape index (κ2) is 10.9. The Kier molecular flexibility index (Phi) is 7.59. The first-order chi connectivity index (χ1) is 18.2. The molecule has 1 unspecified atom stereocenters. The largest absolute Gasteiger partial charge is 0.507 e. The number of ether oxygens (including phenoxy) is 3. The molecular formula is C28H25ClN2O7. The molecule has 2 amide bonds. The molecule has 1 saturated heterocycles. The lowest BCUT2D eigenvalue weighted by Gasteiger charge is -2.26. The van der Waals surface area contributed by atoms with Gasteiger partial charge in [-0.2, -0.15) is 0 Å². The number of hydrogen-bond acceptors (Lipinski definition) is 7. The molecule has 0 aliphatic carbocycles. The quantitative estimate of drug-likeness (QED) is 0.249. The van der Waals surface area contributed by atoms with Crippen molar-refractivity contribution in [2.45, 2.75) is 13.0 Å². The van der Waals surface area contributed by atoms with E-state index in [0.717, 1.165) is 0 Å². The van der Waals surface area contributed by atoms with E-state index in [2.05, 4.69) is 5.32 Å². The Labute approximate surface area is 224 Å². The summed E-state index contributed by atoms with van der Waals surface area (Å²) >= 11 is 6.32. The number of benzene rings is 3. The number of aliphatic hydroxyl groups excluding tert-OH is 1. The van der Waals surface area contributed by atoms with Gasteiger partial charge in [0.25, 0.3) is 11.7 Å². The molecule has 10 heteroatoms. The number of carbonyl (C=O) groups is 3. The average Bonchev–Trinajstić information content (AvgIpc) is 3.18. The zero-order valence-electron chi connectivity index (χ0n) is 21.1. The van der Waals surface area contributed by atoms with Crippen LogP contribution in [0.5, 0.6) is 17.2 Å². The molecule has 1 heterocycles. The lowest BCUT2D eigenvalue weighted by molar-refractivity contribution is -0.132. The SMILES string of the molecule is COc1cccc(C2/C(=C(\O)c3cc(Cl)c(OC)cc3OC)C(=O)C(=O)N2c2cccc(NC(C)=O)c2)c1. The van der Waals surface area contributed by atoms with Crippen LogP contribution in [-0.4, -0.2) is 44.0 Å². The molecule has 196 valence electrons. The van der Waals surface area contributed by atoms with Crippen LogP contribution >= 0.6 is 11.6 Å². The molecule has 0 bridgehead atoms. The fourth-order valence-corrected chi connectivity index (χ4v) is 4.59. The van der Waals surface area contributed by atoms with Crippen molar-refractivity contribution in [1.29, 1.82) is 0 Å². The topological polar surface area (TPSA) is 114 Å². The summed E-state index contributed by atoms with van der Waals surface area (Å²) in [6.45, 7) is 1.36. The molecule has 1 atom stereocenters. The molecule has 0 saturated carbocycles. The number of Topliss-reactive ketones (excluding diaryl/α,β-unsaturated/α-hetero) is 1. The monoisotopic (exact) mass is 536 g/mol. The first-order valence-corrected chi connectivity index (χ1v) is 11.8. The van der Waals surface area contributed by atoms with Crippen molar-refractivity contribution in [1.82, 2.24) is 0 Å². The van der Waals surface area contributed by atoms with Gasteiger partial charge in [-0.25, -0.2) is 0 Å². The van der Waals surface area contributed by atoms with Gasteiger partial charge in [-0.05, 0) is 42.0 Å². The van der Waals surface area contributed by atoms with Crippen LogP contribution < -0.4 is 24.4 Å². The smallest absolute Gasteiger partial charge is 0.300 e. The number of carbonyl (C=O) groups excluding carboxylic acids is 3. The van der Waals surface area contributed by atoms with Crippen molar-refractivity contribution in [2.75, 3.05) is 31.5 Å². The van der Waals surface area contributed by atoms with Crippen LogP contribution in [0, 0.1) is 0 Å². The van der Waals surface area contributed by atoms with Gasteiger partial charge >= 0.3 is 0 Å². The first-order valence-electron chi connectivity index (χ1n) is 11.4. The summed E-state index contributed by atoms with van der Waals surface area (Å²) in [5.74, 6) is -1.56. The Balaban J connectivity index is 1.98. The van der Waals surface area contributed by atoms with Crippen LogP contribution in [0.3, 0.4) is 0 Å². The number of nitrogens with zero attached hydrogens (tertiary/aromatic N) is 1. The molecule has 2 N–H and O–H groups in total. The number of amides is 2. The van der Waals surface area contributed by atoms with Crippen molar-refractivity contribution >= 4 is 46.3 Å². The summed E-state index contributed by atoms with van der Waals surface area (Å²) in [6.07, 6.45) is 0. The third-order valence-electron chi connectivity index (χ3n) is 6.03. The summed E-state index contributed by atoms with van der Waals surface area (Å²) in [7, 11) is 4.33. The molecule has 38 heavy (non-hydrogen) atoms. The lowest BCUT2D eigenvalue weighted by Crippen LogP contribution is -2.29. The number of nitrogens with one attached hydrogen (secondary N) is 1. The van der Waals surface area contributed by atoms with Crippen molar-refractivity contribution in [3.05, 3.63) is 82.4 Å². The molecule has 0 spiro atoms. The van der Waals surface area contributed by atoms with Crippen molar-refractivity contribution in [2.24, 2.45) is 0 Å². The van der Waals surface area contributed by atoms with Crippen LogP contribution in [-0.2, 0) is 14.4 Å². The van der Waals surface area contributed by atoms with E-state index in [0.29, 0.717) is 28.4 Å². The summed E-state index contributed by atoms with van der Waals surface area (Å²) in [4.78, 5) is 39.9. The minimum Gasteiger partial charge on any atom is -0.507 e. The molecule has 1 aliphatic heterocycles. The number of anilines is 2. The Morgan fingerprint density at radius 3 is 2.32 bits per heavy atom. The number of rotatable bonds is 7. The number of hydrogen-bond donors (Lipinski definition) is 2. The Morgan fingerprint density at radius 2 is 1.66 bits per heavy atom. The van der Waals surface area contributed by atoms with Gasteiger partial charge < -0.3 is 24.6 Å². The van der Waals surface area contributed by atoms with Gasteiger partial charge in [-0.3, -0.25) is 19.3 Å². The molecular weight excluding hydrogens is 512 g/mol. The second-order valence-electron chi connectivity index (χ2n) is 8.36. The zero-order valence-corrected chi connectivity index (χ0v) is 21.8. The highest BCUT2D eigenvalue weighted by Crippen LogP contribution is 2.45. The van der Waals surface area contributed by atoms with Crippen molar-refractivity contribution in [3.63, 3.8) is 0 Å². The van der Waals surface area contributed by atoms with E-state index >= 15 is 0 Å². The average molecular weight is 537 g/mol. The third-order valence-corrected chi connectivity index (χ3v) is 6.32. The third kappa shape index (κ3) is 4.88. The molecule has 0 radical (unpaired) electrons. The molecule has 3 aromatic rings. The lowest BCUT2D eigenvalue weighted by atomic mass is 9.94. The van der Waals surface area contributed by atoms with Crippen LogP contribution in [0.4, 0.5) is 11.4 Å².